The van der Waals surface area contributed by atoms with E-state index in [4.69, 9.17) is 4.74 Å². The van der Waals surface area contributed by atoms with Crippen LogP contribution in [0.5, 0.6) is 0 Å². The minimum absolute atomic E-state index is 0.00530. The summed E-state index contributed by atoms with van der Waals surface area (Å²) in [6.07, 6.45) is 8.82. The Morgan fingerprint density at radius 1 is 1.08 bits per heavy atom. The average Bonchev–Trinajstić information content (AvgIpc) is 3.43. The zero-order valence-electron chi connectivity index (χ0n) is 21.8. The first-order valence-electron chi connectivity index (χ1n) is 13.0. The number of rotatable bonds is 14. The fourth-order valence-electron chi connectivity index (χ4n) is 4.79. The molecule has 2 heterocycles. The number of nitrogens with one attached hydrogen (secondary N) is 1. The van der Waals surface area contributed by atoms with Crippen LogP contribution < -0.4 is 8.21 Å². The van der Waals surface area contributed by atoms with E-state index in [-0.39, 0.29) is 12.3 Å². The molecule has 0 aliphatic carbocycles. The van der Waals surface area contributed by atoms with Crippen molar-refractivity contribution in [2.75, 3.05) is 5.32 Å². The topological polar surface area (TPSA) is 98.8 Å². The number of unbranched alkanes of at least 4 members (excludes halogenated alkanes) is 3. The van der Waals surface area contributed by atoms with Crippen LogP contribution in [0.4, 0.5) is 16.3 Å². The number of fused-ring (bicyclic) bond motifs is 1. The third kappa shape index (κ3) is 6.79. The molecule has 0 saturated carbocycles. The van der Waals surface area contributed by atoms with Crippen molar-refractivity contribution in [1.82, 2.24) is 9.38 Å². The summed E-state index contributed by atoms with van der Waals surface area (Å²) in [5.41, 5.74) is 1.99. The Morgan fingerprint density at radius 2 is 1.67 bits per heavy atom. The van der Waals surface area contributed by atoms with Gasteiger partial charge in [-0.2, -0.15) is 0 Å². The number of aryl methyl sites for hydroxylation is 1. The SMILES string of the molecule is CCC[CH2][Sn]([CH2]CCC)([CH2]CCC)[c]1sc2c(NC(=O)OCc3ccc([N+](=O)[O-])cc3)ncn2c1C. The summed E-state index contributed by atoms with van der Waals surface area (Å²) in [6.45, 7) is 9.11. The van der Waals surface area contributed by atoms with Crippen LogP contribution in [0.2, 0.25) is 13.3 Å². The van der Waals surface area contributed by atoms with Crippen molar-refractivity contribution in [3.05, 3.63) is 52.0 Å². The van der Waals surface area contributed by atoms with Gasteiger partial charge < -0.3 is 0 Å². The molecule has 0 unspecified atom stereocenters. The Labute approximate surface area is 221 Å². The van der Waals surface area contributed by atoms with E-state index in [0.29, 0.717) is 11.4 Å². The summed E-state index contributed by atoms with van der Waals surface area (Å²) in [5, 5.41) is 13.6. The molecule has 1 aromatic carbocycles. The Kier molecular flexibility index (Phi) is 10.6. The zero-order valence-corrected chi connectivity index (χ0v) is 25.5. The number of imidazole rings is 1. The van der Waals surface area contributed by atoms with Crippen LogP contribution in [0.25, 0.3) is 4.83 Å². The van der Waals surface area contributed by atoms with Gasteiger partial charge in [0.1, 0.15) is 0 Å². The predicted octanol–water partition coefficient (Wildman–Crippen LogP) is 7.42. The molecule has 0 aliphatic heterocycles. The van der Waals surface area contributed by atoms with Gasteiger partial charge in [-0.25, -0.2) is 0 Å². The zero-order chi connectivity index (χ0) is 26.1. The third-order valence-corrected chi connectivity index (χ3v) is 26.7. The van der Waals surface area contributed by atoms with E-state index < -0.39 is 29.4 Å². The molecule has 196 valence electrons. The second kappa shape index (κ2) is 13.4. The predicted molar refractivity (Wildman–Crippen MR) is 149 cm³/mol. The second-order valence-electron chi connectivity index (χ2n) is 9.50. The van der Waals surface area contributed by atoms with Crippen LogP contribution >= 0.6 is 11.3 Å². The van der Waals surface area contributed by atoms with Crippen molar-refractivity contribution in [3.8, 4) is 0 Å². The molecule has 1 amide bonds. The van der Waals surface area contributed by atoms with E-state index in [1.165, 1.54) is 69.7 Å². The summed E-state index contributed by atoms with van der Waals surface area (Å²) >= 11 is -0.789. The van der Waals surface area contributed by atoms with Crippen molar-refractivity contribution < 1.29 is 14.5 Å². The normalized spacial score (nSPS) is 11.7. The number of hydrogen-bond acceptors (Lipinski definition) is 6. The summed E-state index contributed by atoms with van der Waals surface area (Å²) in [6, 6.07) is 5.98. The number of benzene rings is 1. The first-order valence-corrected chi connectivity index (χ1v) is 21.3. The molecule has 0 atom stereocenters. The number of nitro benzene ring substituents is 1. The number of hydrogen-bond donors (Lipinski definition) is 1. The Balaban J connectivity index is 1.80. The molecule has 0 bridgehead atoms. The van der Waals surface area contributed by atoms with E-state index in [1.807, 2.05) is 17.7 Å². The maximum absolute atomic E-state index is 12.5. The van der Waals surface area contributed by atoms with Crippen LogP contribution in [-0.4, -0.2) is 38.8 Å². The van der Waals surface area contributed by atoms with Crippen molar-refractivity contribution in [1.29, 1.82) is 0 Å². The van der Waals surface area contributed by atoms with Crippen molar-refractivity contribution in [2.24, 2.45) is 0 Å². The van der Waals surface area contributed by atoms with Gasteiger partial charge in [-0.05, 0) is 0 Å². The van der Waals surface area contributed by atoms with E-state index in [2.05, 4.69) is 42.4 Å². The van der Waals surface area contributed by atoms with E-state index >= 15 is 0 Å². The van der Waals surface area contributed by atoms with Gasteiger partial charge in [0, 0.05) is 0 Å². The molecule has 1 N–H and O–H groups in total. The standard InChI is InChI=1S/C14H11N4O4S.3C4H9.Sn/c1-9-7-23-13-12(15-8-17(9)13)16-14(19)22-6-10-2-4-11(5-3-10)18(20)21;3*1-3-4-2;/h2-5,8H,6H2,1H3,(H,16,19);3*1,3-4H2,2H3;. The van der Waals surface area contributed by atoms with E-state index in [1.54, 1.807) is 15.0 Å². The molecule has 0 fully saturated rings. The Morgan fingerprint density at radius 3 is 2.19 bits per heavy atom. The first-order chi connectivity index (χ1) is 17.3. The molecule has 0 radical (unpaired) electrons. The molecule has 10 heteroatoms. The second-order valence-corrected chi connectivity index (χ2v) is 24.6. The summed E-state index contributed by atoms with van der Waals surface area (Å²) in [4.78, 5) is 28.3. The van der Waals surface area contributed by atoms with Crippen LogP contribution in [0.3, 0.4) is 0 Å². The van der Waals surface area contributed by atoms with Gasteiger partial charge in [0.05, 0.1) is 4.92 Å². The molecule has 2 aromatic heterocycles. The van der Waals surface area contributed by atoms with Gasteiger partial charge in [-0.1, -0.05) is 0 Å². The monoisotopic (exact) mass is 622 g/mol. The third-order valence-electron chi connectivity index (χ3n) is 6.86. The number of carbonyl (C=O) groups is 1. The molecule has 36 heavy (non-hydrogen) atoms. The van der Waals surface area contributed by atoms with Crippen LogP contribution in [0.15, 0.2) is 30.6 Å². The Bertz CT molecular complexity index is 1140. The number of ether oxygens (including phenoxy) is 1. The molecule has 0 spiro atoms. The number of nitrogens with zero attached hydrogens (tertiary/aromatic N) is 3. The van der Waals surface area contributed by atoms with Crippen molar-refractivity contribution >= 4 is 55.0 Å². The number of anilines is 1. The number of thiazole rings is 1. The first kappa shape index (κ1) is 28.4. The molecule has 8 nitrogen and oxygen atoms in total. The fraction of sp³-hybridized carbons (Fsp3) is 0.538. The van der Waals surface area contributed by atoms with Crippen LogP contribution in [0.1, 0.15) is 70.6 Å². The van der Waals surface area contributed by atoms with E-state index in [9.17, 15) is 14.9 Å². The van der Waals surface area contributed by atoms with Crippen molar-refractivity contribution in [3.63, 3.8) is 0 Å². The average molecular weight is 621 g/mol. The number of amides is 1. The minimum atomic E-state index is -2.62. The molecular weight excluding hydrogens is 583 g/mol. The Hall–Kier alpha value is -2.14. The molecular formula is C26H38N4O4SSn. The number of aromatic nitrogens is 2. The fourth-order valence-corrected chi connectivity index (χ4v) is 26.1. The van der Waals surface area contributed by atoms with Gasteiger partial charge in [0.2, 0.25) is 0 Å². The van der Waals surface area contributed by atoms with Crippen LogP contribution in [0, 0.1) is 17.0 Å². The maximum atomic E-state index is 12.5. The molecule has 3 rings (SSSR count). The molecule has 0 saturated heterocycles. The van der Waals surface area contributed by atoms with Crippen LogP contribution in [-0.2, 0) is 11.3 Å². The van der Waals surface area contributed by atoms with Gasteiger partial charge in [0.15, 0.2) is 0 Å². The quantitative estimate of drug-likeness (QED) is 0.115. The molecule has 3 aromatic rings. The number of nitro groups is 1. The summed E-state index contributed by atoms with van der Waals surface area (Å²) in [7, 11) is 0. The van der Waals surface area contributed by atoms with Crippen molar-refractivity contribution in [2.45, 2.75) is 86.1 Å². The summed E-state index contributed by atoms with van der Waals surface area (Å²) in [5.74, 6) is 0.532. The van der Waals surface area contributed by atoms with Gasteiger partial charge in [-0.15, -0.1) is 0 Å². The van der Waals surface area contributed by atoms with Gasteiger partial charge in [-0.3, -0.25) is 10.1 Å². The number of non-ortho nitro benzene ring substituents is 1. The summed E-state index contributed by atoms with van der Waals surface area (Å²) < 4.78 is 13.3. The van der Waals surface area contributed by atoms with Gasteiger partial charge >= 0.3 is 207 Å². The number of carbonyl (C=O) groups excluding carboxylic acids is 1. The van der Waals surface area contributed by atoms with E-state index in [0.717, 1.165) is 4.83 Å². The van der Waals surface area contributed by atoms with Gasteiger partial charge in [0.25, 0.3) is 0 Å². The molecule has 0 aliphatic rings.